The van der Waals surface area contributed by atoms with Gasteiger partial charge in [-0.1, -0.05) is 27.7 Å². The fourth-order valence-electron chi connectivity index (χ4n) is 2.71. The molecule has 0 bridgehead atoms. The van der Waals surface area contributed by atoms with Crippen LogP contribution in [0.5, 0.6) is 0 Å². The predicted molar refractivity (Wildman–Crippen MR) is 65.2 cm³/mol. The van der Waals surface area contributed by atoms with Gasteiger partial charge in [-0.25, -0.2) is 0 Å². The van der Waals surface area contributed by atoms with Crippen molar-refractivity contribution in [3.63, 3.8) is 0 Å². The minimum atomic E-state index is 0.0945. The zero-order chi connectivity index (χ0) is 11.5. The molecule has 0 N–H and O–H groups in total. The maximum atomic E-state index is 5.84. The molecule has 0 aromatic rings. The van der Waals surface area contributed by atoms with Gasteiger partial charge in [-0.3, -0.25) is 0 Å². The van der Waals surface area contributed by atoms with Gasteiger partial charge in [0.2, 0.25) is 0 Å². The van der Waals surface area contributed by atoms with Crippen LogP contribution in [0.25, 0.3) is 0 Å². The molecule has 1 fully saturated rings. The van der Waals surface area contributed by atoms with E-state index in [0.29, 0.717) is 0 Å². The van der Waals surface area contributed by atoms with Crippen LogP contribution in [0.2, 0.25) is 0 Å². The van der Waals surface area contributed by atoms with E-state index in [1.807, 2.05) is 7.11 Å². The second-order valence-corrected chi connectivity index (χ2v) is 5.79. The SMILES string of the molecule is CCCN1CCC(OC)(C(C)(C)C)CC1. The van der Waals surface area contributed by atoms with Crippen LogP contribution in [0.3, 0.4) is 0 Å². The summed E-state index contributed by atoms with van der Waals surface area (Å²) in [5.41, 5.74) is 0.345. The van der Waals surface area contributed by atoms with Gasteiger partial charge in [-0.15, -0.1) is 0 Å². The van der Waals surface area contributed by atoms with Crippen LogP contribution in [-0.2, 0) is 4.74 Å². The summed E-state index contributed by atoms with van der Waals surface area (Å²) in [5.74, 6) is 0. The van der Waals surface area contributed by atoms with Gasteiger partial charge in [0.1, 0.15) is 0 Å². The number of nitrogens with zero attached hydrogens (tertiary/aromatic N) is 1. The topological polar surface area (TPSA) is 12.5 Å². The number of hydrogen-bond donors (Lipinski definition) is 0. The van der Waals surface area contributed by atoms with E-state index < -0.39 is 0 Å². The van der Waals surface area contributed by atoms with E-state index in [9.17, 15) is 0 Å². The zero-order valence-electron chi connectivity index (χ0n) is 11.1. The Morgan fingerprint density at radius 1 is 1.20 bits per heavy atom. The molecule has 0 aromatic carbocycles. The average Bonchev–Trinajstić information content (AvgIpc) is 2.18. The minimum absolute atomic E-state index is 0.0945. The summed E-state index contributed by atoms with van der Waals surface area (Å²) in [7, 11) is 1.88. The van der Waals surface area contributed by atoms with Crippen molar-refractivity contribution in [1.82, 2.24) is 4.90 Å². The molecule has 0 radical (unpaired) electrons. The third kappa shape index (κ3) is 2.73. The van der Waals surface area contributed by atoms with Crippen molar-refractivity contribution in [2.45, 2.75) is 52.6 Å². The zero-order valence-corrected chi connectivity index (χ0v) is 11.1. The summed E-state index contributed by atoms with van der Waals surface area (Å²) in [6.45, 7) is 12.8. The Hall–Kier alpha value is -0.0800. The van der Waals surface area contributed by atoms with Gasteiger partial charge >= 0.3 is 0 Å². The molecule has 1 rings (SSSR count). The molecular formula is C13H27NO. The lowest BCUT2D eigenvalue weighted by Gasteiger charge is -2.49. The van der Waals surface area contributed by atoms with Crippen molar-refractivity contribution in [2.75, 3.05) is 26.7 Å². The Bertz CT molecular complexity index is 187. The molecule has 1 aliphatic heterocycles. The highest BCUT2D eigenvalue weighted by Crippen LogP contribution is 2.41. The molecule has 0 atom stereocenters. The Morgan fingerprint density at radius 2 is 1.73 bits per heavy atom. The maximum Gasteiger partial charge on any atom is 0.0751 e. The second-order valence-electron chi connectivity index (χ2n) is 5.79. The largest absolute Gasteiger partial charge is 0.378 e. The van der Waals surface area contributed by atoms with Crippen LogP contribution < -0.4 is 0 Å². The van der Waals surface area contributed by atoms with Crippen LogP contribution in [0.1, 0.15) is 47.0 Å². The van der Waals surface area contributed by atoms with E-state index in [0.717, 1.165) is 0 Å². The van der Waals surface area contributed by atoms with Gasteiger partial charge in [0.05, 0.1) is 5.60 Å². The van der Waals surface area contributed by atoms with E-state index in [-0.39, 0.29) is 11.0 Å². The first-order valence-electron chi connectivity index (χ1n) is 6.23. The molecule has 0 amide bonds. The number of hydrogen-bond acceptors (Lipinski definition) is 2. The smallest absolute Gasteiger partial charge is 0.0751 e. The third-order valence-corrected chi connectivity index (χ3v) is 3.96. The van der Waals surface area contributed by atoms with Crippen LogP contribution in [0, 0.1) is 5.41 Å². The first-order chi connectivity index (χ1) is 6.95. The normalized spacial score (nSPS) is 23.0. The molecule has 0 spiro atoms. The van der Waals surface area contributed by atoms with E-state index in [1.165, 1.54) is 38.9 Å². The van der Waals surface area contributed by atoms with Gasteiger partial charge in [0.25, 0.3) is 0 Å². The number of methoxy groups -OCH3 is 1. The molecule has 1 saturated heterocycles. The molecule has 2 nitrogen and oxygen atoms in total. The second kappa shape index (κ2) is 4.84. The lowest BCUT2D eigenvalue weighted by atomic mass is 9.70. The van der Waals surface area contributed by atoms with Crippen LogP contribution >= 0.6 is 0 Å². The van der Waals surface area contributed by atoms with Gasteiger partial charge in [0, 0.05) is 20.2 Å². The van der Waals surface area contributed by atoms with Crippen LogP contribution in [0.4, 0.5) is 0 Å². The van der Waals surface area contributed by atoms with E-state index in [4.69, 9.17) is 4.74 Å². The number of ether oxygens (including phenoxy) is 1. The molecular weight excluding hydrogens is 186 g/mol. The predicted octanol–water partition coefficient (Wildman–Crippen LogP) is 2.92. The number of piperidine rings is 1. The summed E-state index contributed by atoms with van der Waals surface area (Å²) in [5, 5.41) is 0. The Kier molecular flexibility index (Phi) is 4.19. The molecule has 1 aliphatic rings. The fraction of sp³-hybridized carbons (Fsp3) is 1.00. The first-order valence-corrected chi connectivity index (χ1v) is 6.23. The number of rotatable bonds is 3. The monoisotopic (exact) mass is 213 g/mol. The van der Waals surface area contributed by atoms with Crippen molar-refractivity contribution in [2.24, 2.45) is 5.41 Å². The van der Waals surface area contributed by atoms with Gasteiger partial charge in [-0.2, -0.15) is 0 Å². The number of likely N-dealkylation sites (tertiary alicyclic amines) is 1. The molecule has 90 valence electrons. The highest BCUT2D eigenvalue weighted by Gasteiger charge is 2.44. The van der Waals surface area contributed by atoms with Crippen LogP contribution in [-0.4, -0.2) is 37.2 Å². The molecule has 1 heterocycles. The summed E-state index contributed by atoms with van der Waals surface area (Å²) < 4.78 is 5.84. The van der Waals surface area contributed by atoms with Crippen molar-refractivity contribution in [3.8, 4) is 0 Å². The molecule has 0 saturated carbocycles. The fourth-order valence-corrected chi connectivity index (χ4v) is 2.71. The van der Waals surface area contributed by atoms with Crippen molar-refractivity contribution in [1.29, 1.82) is 0 Å². The minimum Gasteiger partial charge on any atom is -0.378 e. The summed E-state index contributed by atoms with van der Waals surface area (Å²) >= 11 is 0. The average molecular weight is 213 g/mol. The van der Waals surface area contributed by atoms with E-state index in [1.54, 1.807) is 0 Å². The molecule has 0 unspecified atom stereocenters. The quantitative estimate of drug-likeness (QED) is 0.714. The first kappa shape index (κ1) is 13.0. The lowest BCUT2D eigenvalue weighted by Crippen LogP contribution is -2.53. The molecule has 15 heavy (non-hydrogen) atoms. The van der Waals surface area contributed by atoms with Gasteiger partial charge in [-0.05, 0) is 31.2 Å². The van der Waals surface area contributed by atoms with Crippen molar-refractivity contribution < 1.29 is 4.74 Å². The highest BCUT2D eigenvalue weighted by atomic mass is 16.5. The summed E-state index contributed by atoms with van der Waals surface area (Å²) in [6.07, 6.45) is 3.61. The summed E-state index contributed by atoms with van der Waals surface area (Å²) in [4.78, 5) is 2.56. The van der Waals surface area contributed by atoms with E-state index >= 15 is 0 Å². The van der Waals surface area contributed by atoms with E-state index in [2.05, 4.69) is 32.6 Å². The standard InChI is InChI=1S/C13H27NO/c1-6-9-14-10-7-13(15-5,8-11-14)12(2,3)4/h6-11H2,1-5H3. The third-order valence-electron chi connectivity index (χ3n) is 3.96. The molecule has 2 heteroatoms. The molecule has 0 aromatic heterocycles. The van der Waals surface area contributed by atoms with Crippen molar-refractivity contribution >= 4 is 0 Å². The Balaban J connectivity index is 2.59. The molecule has 0 aliphatic carbocycles. The highest BCUT2D eigenvalue weighted by molar-refractivity contribution is 4.96. The lowest BCUT2D eigenvalue weighted by molar-refractivity contribution is -0.126. The van der Waals surface area contributed by atoms with Gasteiger partial charge < -0.3 is 9.64 Å². The van der Waals surface area contributed by atoms with Gasteiger partial charge in [0.15, 0.2) is 0 Å². The summed E-state index contributed by atoms with van der Waals surface area (Å²) in [6, 6.07) is 0. The Labute approximate surface area is 95.0 Å². The van der Waals surface area contributed by atoms with Crippen molar-refractivity contribution in [3.05, 3.63) is 0 Å². The van der Waals surface area contributed by atoms with Crippen LogP contribution in [0.15, 0.2) is 0 Å². The maximum absolute atomic E-state index is 5.84. The Morgan fingerprint density at radius 3 is 2.07 bits per heavy atom.